The number of carboxylic acids is 1. The third-order valence-corrected chi connectivity index (χ3v) is 3.50. The van der Waals surface area contributed by atoms with Crippen LogP contribution in [0.3, 0.4) is 0 Å². The van der Waals surface area contributed by atoms with E-state index in [0.29, 0.717) is 28.0 Å². The molecule has 22 heavy (non-hydrogen) atoms. The molecule has 0 bridgehead atoms. The third-order valence-electron chi connectivity index (χ3n) is 2.94. The zero-order valence-corrected chi connectivity index (χ0v) is 13.4. The maximum Gasteiger partial charge on any atom is 0.328 e. The standard InChI is InChI=1S/C17H14Cl2O3/c1-11-2-4-12(5-3-11)10-22-17-14(18)8-13(9-15(17)19)6-7-16(20)21/h2-9H,10H2,1H3,(H,20,21)/b7-6+. The molecule has 3 nitrogen and oxygen atoms in total. The van der Waals surface area contributed by atoms with Gasteiger partial charge in [0, 0.05) is 6.08 Å². The number of halogens is 2. The molecular weight excluding hydrogens is 323 g/mol. The fourth-order valence-corrected chi connectivity index (χ4v) is 2.43. The van der Waals surface area contributed by atoms with Gasteiger partial charge in [0.25, 0.3) is 0 Å². The first-order chi connectivity index (χ1) is 10.5. The molecule has 0 unspecified atom stereocenters. The number of benzene rings is 2. The predicted molar refractivity (Wildman–Crippen MR) is 88.6 cm³/mol. The number of hydrogen-bond donors (Lipinski definition) is 1. The second kappa shape index (κ2) is 7.34. The minimum absolute atomic E-state index is 0.338. The summed E-state index contributed by atoms with van der Waals surface area (Å²) in [5.74, 6) is -0.650. The van der Waals surface area contributed by atoms with Crippen molar-refractivity contribution in [1.29, 1.82) is 0 Å². The van der Waals surface area contributed by atoms with E-state index in [1.807, 2.05) is 31.2 Å². The maximum absolute atomic E-state index is 10.5. The Kier molecular flexibility index (Phi) is 5.47. The summed E-state index contributed by atoms with van der Waals surface area (Å²) in [6, 6.07) is 11.2. The van der Waals surface area contributed by atoms with Gasteiger partial charge in [-0.15, -0.1) is 0 Å². The van der Waals surface area contributed by atoms with E-state index in [0.717, 1.165) is 11.6 Å². The molecule has 0 spiro atoms. The lowest BCUT2D eigenvalue weighted by Gasteiger charge is -2.11. The molecule has 0 fully saturated rings. The smallest absolute Gasteiger partial charge is 0.328 e. The van der Waals surface area contributed by atoms with E-state index in [1.165, 1.54) is 11.6 Å². The lowest BCUT2D eigenvalue weighted by atomic mass is 10.1. The number of carboxylic acid groups (broad SMARTS) is 1. The molecule has 5 heteroatoms. The van der Waals surface area contributed by atoms with Crippen molar-refractivity contribution in [2.24, 2.45) is 0 Å². The molecule has 0 aliphatic heterocycles. The van der Waals surface area contributed by atoms with Gasteiger partial charge in [-0.2, -0.15) is 0 Å². The van der Waals surface area contributed by atoms with Crippen LogP contribution >= 0.6 is 23.2 Å². The number of carbonyl (C=O) groups is 1. The van der Waals surface area contributed by atoms with E-state index in [9.17, 15) is 4.79 Å². The van der Waals surface area contributed by atoms with Gasteiger partial charge in [-0.3, -0.25) is 0 Å². The zero-order valence-electron chi connectivity index (χ0n) is 11.8. The van der Waals surface area contributed by atoms with Crippen LogP contribution in [0.2, 0.25) is 10.0 Å². The van der Waals surface area contributed by atoms with E-state index < -0.39 is 5.97 Å². The van der Waals surface area contributed by atoms with Crippen molar-refractivity contribution in [2.45, 2.75) is 13.5 Å². The first kappa shape index (κ1) is 16.4. The van der Waals surface area contributed by atoms with Gasteiger partial charge in [-0.05, 0) is 36.3 Å². The molecule has 2 aromatic carbocycles. The Morgan fingerprint density at radius 1 is 1.18 bits per heavy atom. The van der Waals surface area contributed by atoms with Crippen LogP contribution in [0.1, 0.15) is 16.7 Å². The van der Waals surface area contributed by atoms with Crippen molar-refractivity contribution < 1.29 is 14.6 Å². The molecule has 0 atom stereocenters. The summed E-state index contributed by atoms with van der Waals surface area (Å²) in [4.78, 5) is 10.5. The lowest BCUT2D eigenvalue weighted by Crippen LogP contribution is -1.97. The van der Waals surface area contributed by atoms with Crippen molar-refractivity contribution in [1.82, 2.24) is 0 Å². The Morgan fingerprint density at radius 2 is 1.77 bits per heavy atom. The van der Waals surface area contributed by atoms with Crippen molar-refractivity contribution in [3.63, 3.8) is 0 Å². The normalized spacial score (nSPS) is 10.9. The van der Waals surface area contributed by atoms with Crippen molar-refractivity contribution in [3.05, 3.63) is 69.2 Å². The summed E-state index contributed by atoms with van der Waals surface area (Å²) < 4.78 is 5.67. The first-order valence-electron chi connectivity index (χ1n) is 6.54. The van der Waals surface area contributed by atoms with Crippen LogP contribution in [-0.2, 0) is 11.4 Å². The van der Waals surface area contributed by atoms with Crippen LogP contribution in [-0.4, -0.2) is 11.1 Å². The summed E-state index contributed by atoms with van der Waals surface area (Å²) in [5.41, 5.74) is 2.78. The lowest BCUT2D eigenvalue weighted by molar-refractivity contribution is -0.131. The van der Waals surface area contributed by atoms with Crippen LogP contribution in [0.25, 0.3) is 6.08 Å². The molecule has 0 radical (unpaired) electrons. The van der Waals surface area contributed by atoms with Crippen molar-refractivity contribution in [3.8, 4) is 5.75 Å². The number of hydrogen-bond acceptors (Lipinski definition) is 2. The van der Waals surface area contributed by atoms with Gasteiger partial charge in [0.1, 0.15) is 6.61 Å². The Balaban J connectivity index is 2.14. The summed E-state index contributed by atoms with van der Waals surface area (Å²) in [6.07, 6.45) is 2.44. The summed E-state index contributed by atoms with van der Waals surface area (Å²) in [6.45, 7) is 2.37. The van der Waals surface area contributed by atoms with Gasteiger partial charge in [-0.1, -0.05) is 53.0 Å². The quantitative estimate of drug-likeness (QED) is 0.783. The van der Waals surface area contributed by atoms with E-state index in [-0.39, 0.29) is 0 Å². The average Bonchev–Trinajstić information content (AvgIpc) is 2.46. The topological polar surface area (TPSA) is 46.5 Å². The highest BCUT2D eigenvalue weighted by Crippen LogP contribution is 2.35. The summed E-state index contributed by atoms with van der Waals surface area (Å²) in [7, 11) is 0. The maximum atomic E-state index is 10.5. The highest BCUT2D eigenvalue weighted by atomic mass is 35.5. The molecule has 0 aliphatic carbocycles. The zero-order chi connectivity index (χ0) is 16.1. The second-order valence-corrected chi connectivity index (χ2v) is 5.57. The molecule has 0 amide bonds. The molecular formula is C17H14Cl2O3. The van der Waals surface area contributed by atoms with Crippen molar-refractivity contribution in [2.75, 3.05) is 0 Å². The molecule has 0 aromatic heterocycles. The Hall–Kier alpha value is -1.97. The van der Waals surface area contributed by atoms with Crippen molar-refractivity contribution >= 4 is 35.2 Å². The average molecular weight is 337 g/mol. The van der Waals surface area contributed by atoms with Gasteiger partial charge in [0.05, 0.1) is 10.0 Å². The Morgan fingerprint density at radius 3 is 2.32 bits per heavy atom. The minimum atomic E-state index is -1.04. The van der Waals surface area contributed by atoms with Gasteiger partial charge in [0.15, 0.2) is 5.75 Å². The highest BCUT2D eigenvalue weighted by Gasteiger charge is 2.09. The number of ether oxygens (including phenoxy) is 1. The first-order valence-corrected chi connectivity index (χ1v) is 7.29. The van der Waals surface area contributed by atoms with Crippen LogP contribution < -0.4 is 4.74 Å². The van der Waals surface area contributed by atoms with Gasteiger partial charge >= 0.3 is 5.97 Å². The molecule has 0 saturated heterocycles. The molecule has 2 aromatic rings. The van der Waals surface area contributed by atoms with Crippen LogP contribution in [0.15, 0.2) is 42.5 Å². The molecule has 2 rings (SSSR count). The largest absolute Gasteiger partial charge is 0.486 e. The molecule has 0 heterocycles. The summed E-state index contributed by atoms with van der Waals surface area (Å²) >= 11 is 12.3. The van der Waals surface area contributed by atoms with E-state index in [2.05, 4.69) is 0 Å². The number of rotatable bonds is 5. The van der Waals surface area contributed by atoms with E-state index in [4.69, 9.17) is 33.0 Å². The number of aliphatic carboxylic acids is 1. The fraction of sp³-hybridized carbons (Fsp3) is 0.118. The predicted octanol–water partition coefficient (Wildman–Crippen LogP) is 4.98. The second-order valence-electron chi connectivity index (χ2n) is 4.76. The van der Waals surface area contributed by atoms with Crippen LogP contribution in [0.5, 0.6) is 5.75 Å². The monoisotopic (exact) mass is 336 g/mol. The molecule has 0 saturated carbocycles. The van der Waals surface area contributed by atoms with E-state index >= 15 is 0 Å². The number of aryl methyl sites for hydroxylation is 1. The van der Waals surface area contributed by atoms with E-state index in [1.54, 1.807) is 12.1 Å². The fourth-order valence-electron chi connectivity index (χ4n) is 1.82. The summed E-state index contributed by atoms with van der Waals surface area (Å²) in [5, 5.41) is 9.30. The van der Waals surface area contributed by atoms with Gasteiger partial charge in [-0.25, -0.2) is 4.79 Å². The molecule has 114 valence electrons. The molecule has 1 N–H and O–H groups in total. The van der Waals surface area contributed by atoms with Crippen LogP contribution in [0, 0.1) is 6.92 Å². The third kappa shape index (κ3) is 4.52. The minimum Gasteiger partial charge on any atom is -0.486 e. The Labute approximate surface area is 138 Å². The highest BCUT2D eigenvalue weighted by molar-refractivity contribution is 6.37. The molecule has 0 aliphatic rings. The van der Waals surface area contributed by atoms with Crippen LogP contribution in [0.4, 0.5) is 0 Å². The SMILES string of the molecule is Cc1ccc(COc2c(Cl)cc(/C=C/C(=O)O)cc2Cl)cc1. The van der Waals surface area contributed by atoms with Gasteiger partial charge in [0.2, 0.25) is 0 Å². The van der Waals surface area contributed by atoms with Gasteiger partial charge < -0.3 is 9.84 Å². The Bertz CT molecular complexity index is 683.